The highest BCUT2D eigenvalue weighted by Crippen LogP contribution is 2.30. The number of carbonyl (C=O) groups is 1. The molecule has 92 valence electrons. The van der Waals surface area contributed by atoms with Gasteiger partial charge in [-0.05, 0) is 36.5 Å². The molecular formula is C14H18FNO. The predicted octanol–water partition coefficient (Wildman–Crippen LogP) is 3.09. The third-order valence-corrected chi connectivity index (χ3v) is 3.48. The Bertz CT molecular complexity index is 418. The molecule has 0 bridgehead atoms. The van der Waals surface area contributed by atoms with E-state index >= 15 is 0 Å². The van der Waals surface area contributed by atoms with E-state index in [1.165, 1.54) is 12.1 Å². The Morgan fingerprint density at radius 2 is 1.94 bits per heavy atom. The van der Waals surface area contributed by atoms with Crippen molar-refractivity contribution in [2.24, 2.45) is 5.41 Å². The molecule has 0 aliphatic carbocycles. The van der Waals surface area contributed by atoms with Gasteiger partial charge < -0.3 is 4.90 Å². The van der Waals surface area contributed by atoms with Crippen LogP contribution in [0, 0.1) is 11.2 Å². The van der Waals surface area contributed by atoms with E-state index in [4.69, 9.17) is 0 Å². The van der Waals surface area contributed by atoms with Gasteiger partial charge in [-0.1, -0.05) is 19.9 Å². The predicted molar refractivity (Wildman–Crippen MR) is 65.3 cm³/mol. The van der Waals surface area contributed by atoms with Crippen LogP contribution in [-0.4, -0.2) is 23.9 Å². The lowest BCUT2D eigenvalue weighted by molar-refractivity contribution is 0.0630. The van der Waals surface area contributed by atoms with Crippen molar-refractivity contribution < 1.29 is 9.18 Å². The van der Waals surface area contributed by atoms with E-state index in [1.54, 1.807) is 12.1 Å². The lowest BCUT2D eigenvalue weighted by atomic mass is 9.82. The summed E-state index contributed by atoms with van der Waals surface area (Å²) in [7, 11) is 0. The van der Waals surface area contributed by atoms with Crippen molar-refractivity contribution in [2.45, 2.75) is 26.7 Å². The van der Waals surface area contributed by atoms with Gasteiger partial charge >= 0.3 is 0 Å². The lowest BCUT2D eigenvalue weighted by Crippen LogP contribution is -2.41. The maximum Gasteiger partial charge on any atom is 0.253 e. The molecule has 1 aliphatic heterocycles. The van der Waals surface area contributed by atoms with E-state index in [0.29, 0.717) is 11.0 Å². The molecule has 0 radical (unpaired) electrons. The summed E-state index contributed by atoms with van der Waals surface area (Å²) < 4.78 is 13.0. The van der Waals surface area contributed by atoms with Crippen LogP contribution in [0.3, 0.4) is 0 Å². The lowest BCUT2D eigenvalue weighted by Gasteiger charge is -2.36. The van der Waals surface area contributed by atoms with Gasteiger partial charge in [0.15, 0.2) is 0 Å². The molecule has 2 nitrogen and oxygen atoms in total. The monoisotopic (exact) mass is 235 g/mol. The summed E-state index contributed by atoms with van der Waals surface area (Å²) in [6.45, 7) is 5.97. The van der Waals surface area contributed by atoms with Gasteiger partial charge in [0.05, 0.1) is 0 Å². The molecule has 1 saturated heterocycles. The molecule has 1 aliphatic rings. The van der Waals surface area contributed by atoms with Crippen LogP contribution in [0.5, 0.6) is 0 Å². The quantitative estimate of drug-likeness (QED) is 0.732. The number of halogens is 1. The molecule has 0 saturated carbocycles. The summed E-state index contributed by atoms with van der Waals surface area (Å²) in [5.41, 5.74) is 0.767. The summed E-state index contributed by atoms with van der Waals surface area (Å²) >= 11 is 0. The molecule has 1 fully saturated rings. The molecule has 0 spiro atoms. The van der Waals surface area contributed by atoms with Crippen LogP contribution >= 0.6 is 0 Å². The zero-order valence-electron chi connectivity index (χ0n) is 10.4. The smallest absolute Gasteiger partial charge is 0.253 e. The SMILES string of the molecule is CC1(C)CCN(C(=O)c2cccc(F)c2)CC1. The summed E-state index contributed by atoms with van der Waals surface area (Å²) in [6.07, 6.45) is 2.02. The Balaban J connectivity index is 2.07. The number of hydrogen-bond donors (Lipinski definition) is 0. The molecule has 0 aromatic heterocycles. The summed E-state index contributed by atoms with van der Waals surface area (Å²) in [5.74, 6) is -0.409. The molecule has 1 amide bonds. The highest BCUT2D eigenvalue weighted by molar-refractivity contribution is 5.94. The molecule has 0 unspecified atom stereocenters. The third-order valence-electron chi connectivity index (χ3n) is 3.48. The highest BCUT2D eigenvalue weighted by Gasteiger charge is 2.28. The second-order valence-electron chi connectivity index (χ2n) is 5.47. The van der Waals surface area contributed by atoms with Crippen LogP contribution in [0.15, 0.2) is 24.3 Å². The van der Waals surface area contributed by atoms with E-state index in [2.05, 4.69) is 13.8 Å². The first kappa shape index (κ1) is 12.1. The van der Waals surface area contributed by atoms with Crippen molar-refractivity contribution in [3.05, 3.63) is 35.6 Å². The van der Waals surface area contributed by atoms with Crippen LogP contribution < -0.4 is 0 Å². The highest BCUT2D eigenvalue weighted by atomic mass is 19.1. The summed E-state index contributed by atoms with van der Waals surface area (Å²) in [6, 6.07) is 5.92. The molecule has 1 aromatic carbocycles. The zero-order valence-corrected chi connectivity index (χ0v) is 10.4. The van der Waals surface area contributed by atoms with Crippen LogP contribution in [0.25, 0.3) is 0 Å². The van der Waals surface area contributed by atoms with Crippen molar-refractivity contribution in [3.8, 4) is 0 Å². The zero-order chi connectivity index (χ0) is 12.5. The molecular weight excluding hydrogens is 217 g/mol. The van der Waals surface area contributed by atoms with Gasteiger partial charge in [-0.15, -0.1) is 0 Å². The van der Waals surface area contributed by atoms with Gasteiger partial charge in [-0.2, -0.15) is 0 Å². The number of likely N-dealkylation sites (tertiary alicyclic amines) is 1. The fourth-order valence-electron chi connectivity index (χ4n) is 2.12. The topological polar surface area (TPSA) is 20.3 Å². The van der Waals surface area contributed by atoms with Gasteiger partial charge in [-0.25, -0.2) is 4.39 Å². The minimum Gasteiger partial charge on any atom is -0.339 e. The number of amides is 1. The van der Waals surface area contributed by atoms with Gasteiger partial charge in [0.25, 0.3) is 5.91 Å². The first-order chi connectivity index (χ1) is 7.98. The van der Waals surface area contributed by atoms with Gasteiger partial charge in [0, 0.05) is 18.7 Å². The van der Waals surface area contributed by atoms with Crippen molar-refractivity contribution >= 4 is 5.91 Å². The molecule has 0 atom stereocenters. The molecule has 0 N–H and O–H groups in total. The standard InChI is InChI=1S/C14H18FNO/c1-14(2)6-8-16(9-7-14)13(17)11-4-3-5-12(15)10-11/h3-5,10H,6-9H2,1-2H3. The normalized spacial score (nSPS) is 19.1. The number of rotatable bonds is 1. The van der Waals surface area contributed by atoms with Crippen molar-refractivity contribution in [3.63, 3.8) is 0 Å². The minimum atomic E-state index is -0.354. The number of piperidine rings is 1. The summed E-state index contributed by atoms with van der Waals surface area (Å²) in [5, 5.41) is 0. The van der Waals surface area contributed by atoms with Crippen LogP contribution in [0.4, 0.5) is 4.39 Å². The number of carbonyl (C=O) groups excluding carboxylic acids is 1. The van der Waals surface area contributed by atoms with Crippen LogP contribution in [0.2, 0.25) is 0 Å². The number of nitrogens with zero attached hydrogens (tertiary/aromatic N) is 1. The Labute approximate surface area is 101 Å². The van der Waals surface area contributed by atoms with Crippen molar-refractivity contribution in [1.29, 1.82) is 0 Å². The number of benzene rings is 1. The second kappa shape index (κ2) is 4.47. The first-order valence-corrected chi connectivity index (χ1v) is 6.03. The molecule has 1 aromatic rings. The van der Waals surface area contributed by atoms with E-state index in [9.17, 15) is 9.18 Å². The average molecular weight is 235 g/mol. The van der Waals surface area contributed by atoms with E-state index in [0.717, 1.165) is 25.9 Å². The van der Waals surface area contributed by atoms with Gasteiger partial charge in [0.2, 0.25) is 0 Å². The van der Waals surface area contributed by atoms with Gasteiger partial charge in [0.1, 0.15) is 5.82 Å². The first-order valence-electron chi connectivity index (χ1n) is 6.03. The van der Waals surface area contributed by atoms with Crippen LogP contribution in [-0.2, 0) is 0 Å². The molecule has 1 heterocycles. The average Bonchev–Trinajstić information content (AvgIpc) is 2.28. The Hall–Kier alpha value is -1.38. The summed E-state index contributed by atoms with van der Waals surface area (Å²) in [4.78, 5) is 13.9. The molecule has 17 heavy (non-hydrogen) atoms. The van der Waals surface area contributed by atoms with Crippen molar-refractivity contribution in [1.82, 2.24) is 4.90 Å². The van der Waals surface area contributed by atoms with E-state index in [1.807, 2.05) is 4.90 Å². The van der Waals surface area contributed by atoms with E-state index < -0.39 is 0 Å². The Morgan fingerprint density at radius 1 is 1.29 bits per heavy atom. The van der Waals surface area contributed by atoms with E-state index in [-0.39, 0.29) is 11.7 Å². The fourth-order valence-corrected chi connectivity index (χ4v) is 2.12. The maximum atomic E-state index is 13.0. The molecule has 3 heteroatoms. The van der Waals surface area contributed by atoms with Crippen LogP contribution in [0.1, 0.15) is 37.0 Å². The second-order valence-corrected chi connectivity index (χ2v) is 5.47. The largest absolute Gasteiger partial charge is 0.339 e. The fraction of sp³-hybridized carbons (Fsp3) is 0.500. The number of hydrogen-bond acceptors (Lipinski definition) is 1. The van der Waals surface area contributed by atoms with Gasteiger partial charge in [-0.3, -0.25) is 4.79 Å². The third kappa shape index (κ3) is 2.84. The maximum absolute atomic E-state index is 13.0. The Morgan fingerprint density at radius 3 is 2.53 bits per heavy atom. The molecule has 2 rings (SSSR count). The minimum absolute atomic E-state index is 0.0556. The Kier molecular flexibility index (Phi) is 3.18. The van der Waals surface area contributed by atoms with Crippen molar-refractivity contribution in [2.75, 3.05) is 13.1 Å².